The molecule has 10 heteroatoms. The first-order valence-electron chi connectivity index (χ1n) is 10.4. The SMILES string of the molecule is N#Cc1ccc2ncn(-c3ncc4[nH]c(=O)n([C@@H]5CC[C@@H](O)c6ccc(F)cc65)c4n3)c2c1. The lowest BCUT2D eigenvalue weighted by Gasteiger charge is -2.29. The van der Waals surface area contributed by atoms with Gasteiger partial charge in [0.15, 0.2) is 5.65 Å². The molecule has 0 spiro atoms. The Balaban J connectivity index is 1.55. The minimum absolute atomic E-state index is 0.281. The van der Waals surface area contributed by atoms with Crippen LogP contribution in [0.3, 0.4) is 0 Å². The molecule has 0 saturated carbocycles. The van der Waals surface area contributed by atoms with Crippen molar-refractivity contribution in [3.05, 3.63) is 81.9 Å². The second kappa shape index (κ2) is 7.08. The van der Waals surface area contributed by atoms with Crippen LogP contribution in [0.25, 0.3) is 28.1 Å². The van der Waals surface area contributed by atoms with E-state index in [1.54, 1.807) is 35.2 Å². The first-order valence-corrected chi connectivity index (χ1v) is 10.4. The number of aliphatic hydroxyl groups is 1. The number of aromatic amines is 1. The van der Waals surface area contributed by atoms with Gasteiger partial charge in [0, 0.05) is 0 Å². The van der Waals surface area contributed by atoms with E-state index in [0.717, 1.165) is 0 Å². The lowest BCUT2D eigenvalue weighted by molar-refractivity contribution is 0.147. The maximum Gasteiger partial charge on any atom is 0.328 e. The average Bonchev–Trinajstić information content (AvgIpc) is 3.38. The Bertz CT molecular complexity index is 1660. The van der Waals surface area contributed by atoms with E-state index in [2.05, 4.69) is 26.0 Å². The zero-order valence-corrected chi connectivity index (χ0v) is 17.1. The van der Waals surface area contributed by atoms with Crippen LogP contribution >= 0.6 is 0 Å². The number of fused-ring (bicyclic) bond motifs is 3. The molecule has 0 fully saturated rings. The van der Waals surface area contributed by atoms with E-state index in [4.69, 9.17) is 0 Å². The monoisotopic (exact) mass is 441 g/mol. The van der Waals surface area contributed by atoms with Crippen molar-refractivity contribution in [3.63, 3.8) is 0 Å². The van der Waals surface area contributed by atoms with Crippen LogP contribution in [-0.2, 0) is 0 Å². The zero-order chi connectivity index (χ0) is 22.7. The van der Waals surface area contributed by atoms with Crippen LogP contribution in [0.15, 0.2) is 53.7 Å². The molecule has 162 valence electrons. The highest BCUT2D eigenvalue weighted by Gasteiger charge is 2.30. The number of halogens is 1. The third kappa shape index (κ3) is 2.94. The number of imidazole rings is 2. The van der Waals surface area contributed by atoms with Gasteiger partial charge in [-0.1, -0.05) is 6.07 Å². The van der Waals surface area contributed by atoms with Gasteiger partial charge in [0.1, 0.15) is 17.7 Å². The smallest absolute Gasteiger partial charge is 0.328 e. The second-order valence-corrected chi connectivity index (χ2v) is 8.02. The molecule has 2 N–H and O–H groups in total. The topological polar surface area (TPSA) is 125 Å². The van der Waals surface area contributed by atoms with Crippen LogP contribution < -0.4 is 5.69 Å². The predicted molar refractivity (Wildman–Crippen MR) is 116 cm³/mol. The molecule has 2 atom stereocenters. The Morgan fingerprint density at radius 2 is 2.03 bits per heavy atom. The number of nitrogens with zero attached hydrogens (tertiary/aromatic N) is 6. The average molecular weight is 441 g/mol. The fourth-order valence-electron chi connectivity index (χ4n) is 4.58. The van der Waals surface area contributed by atoms with E-state index in [0.29, 0.717) is 51.7 Å². The van der Waals surface area contributed by atoms with E-state index in [9.17, 15) is 19.6 Å². The third-order valence-electron chi connectivity index (χ3n) is 6.13. The molecule has 3 heterocycles. The van der Waals surface area contributed by atoms with E-state index in [1.165, 1.54) is 22.9 Å². The van der Waals surface area contributed by atoms with Gasteiger partial charge in [-0.15, -0.1) is 0 Å². The number of hydrogen-bond acceptors (Lipinski definition) is 6. The summed E-state index contributed by atoms with van der Waals surface area (Å²) in [5.41, 5.74) is 3.38. The van der Waals surface area contributed by atoms with E-state index >= 15 is 0 Å². The molecule has 9 nitrogen and oxygen atoms in total. The summed E-state index contributed by atoms with van der Waals surface area (Å²) in [5.74, 6) is -0.155. The molecule has 0 aliphatic heterocycles. The summed E-state index contributed by atoms with van der Waals surface area (Å²) in [6.45, 7) is 0. The molecule has 0 amide bonds. The van der Waals surface area contributed by atoms with Crippen LogP contribution in [-0.4, -0.2) is 34.2 Å². The fraction of sp³-hybridized carbons (Fsp3) is 0.174. The van der Waals surface area contributed by atoms with Crippen molar-refractivity contribution in [3.8, 4) is 12.0 Å². The van der Waals surface area contributed by atoms with Crippen molar-refractivity contribution in [2.75, 3.05) is 0 Å². The molecule has 3 aromatic heterocycles. The number of benzene rings is 2. The van der Waals surface area contributed by atoms with E-state index < -0.39 is 23.7 Å². The van der Waals surface area contributed by atoms with Crippen LogP contribution in [0.5, 0.6) is 0 Å². The predicted octanol–water partition coefficient (Wildman–Crippen LogP) is 2.89. The highest BCUT2D eigenvalue weighted by Crippen LogP contribution is 2.39. The molecular formula is C23H16FN7O2. The largest absolute Gasteiger partial charge is 0.388 e. The molecule has 2 aromatic carbocycles. The van der Waals surface area contributed by atoms with Crippen LogP contribution in [0.1, 0.15) is 41.7 Å². The Hall–Kier alpha value is -4.36. The highest BCUT2D eigenvalue weighted by molar-refractivity contribution is 5.79. The van der Waals surface area contributed by atoms with Crippen LogP contribution in [0, 0.1) is 17.1 Å². The maximum atomic E-state index is 14.1. The Labute approximate surface area is 185 Å². The lowest BCUT2D eigenvalue weighted by atomic mass is 9.85. The number of nitriles is 1. The number of H-pyrrole nitrogens is 1. The molecule has 1 aliphatic rings. The molecule has 0 radical (unpaired) electrons. The summed E-state index contributed by atoms with van der Waals surface area (Å²) in [5, 5.41) is 19.6. The summed E-state index contributed by atoms with van der Waals surface area (Å²) in [7, 11) is 0. The Morgan fingerprint density at radius 1 is 1.15 bits per heavy atom. The molecule has 0 bridgehead atoms. The van der Waals surface area contributed by atoms with Crippen molar-refractivity contribution in [1.29, 1.82) is 5.26 Å². The normalized spacial score (nSPS) is 17.8. The van der Waals surface area contributed by atoms with Gasteiger partial charge in [-0.05, 0) is 54.3 Å². The summed E-state index contributed by atoms with van der Waals surface area (Å²) < 4.78 is 17.2. The van der Waals surface area contributed by atoms with Gasteiger partial charge in [-0.3, -0.25) is 9.13 Å². The summed E-state index contributed by atoms with van der Waals surface area (Å²) in [6.07, 6.45) is 3.24. The van der Waals surface area contributed by atoms with E-state index in [-0.39, 0.29) is 5.95 Å². The number of aliphatic hydroxyl groups excluding tert-OH is 1. The molecule has 33 heavy (non-hydrogen) atoms. The van der Waals surface area contributed by atoms with Crippen LogP contribution in [0.4, 0.5) is 4.39 Å². The van der Waals surface area contributed by atoms with Gasteiger partial charge >= 0.3 is 5.69 Å². The van der Waals surface area contributed by atoms with Crippen molar-refractivity contribution >= 4 is 22.2 Å². The van der Waals surface area contributed by atoms with Gasteiger partial charge in [0.2, 0.25) is 5.95 Å². The first-order chi connectivity index (χ1) is 16.0. The van der Waals surface area contributed by atoms with Crippen molar-refractivity contribution in [2.45, 2.75) is 25.0 Å². The van der Waals surface area contributed by atoms with Gasteiger partial charge in [0.05, 0.1) is 41.0 Å². The highest BCUT2D eigenvalue weighted by atomic mass is 19.1. The number of hydrogen-bond donors (Lipinski definition) is 2. The van der Waals surface area contributed by atoms with Gasteiger partial charge in [-0.25, -0.2) is 19.2 Å². The fourth-order valence-corrected chi connectivity index (χ4v) is 4.58. The minimum Gasteiger partial charge on any atom is -0.388 e. The molecule has 5 aromatic rings. The van der Waals surface area contributed by atoms with Gasteiger partial charge in [-0.2, -0.15) is 10.2 Å². The van der Waals surface area contributed by atoms with Crippen molar-refractivity contribution < 1.29 is 9.50 Å². The number of nitrogens with one attached hydrogen (secondary N) is 1. The minimum atomic E-state index is -0.713. The number of aromatic nitrogens is 6. The Kier molecular flexibility index (Phi) is 4.15. The van der Waals surface area contributed by atoms with Crippen molar-refractivity contribution in [1.82, 2.24) is 29.1 Å². The molecule has 0 unspecified atom stereocenters. The standard InChI is InChI=1S/C23H16FN7O2/c24-13-2-3-14-15(8-13)18(5-6-20(14)32)31-21-17(28-23(31)33)10-26-22(29-21)30-11-27-16-4-1-12(9-25)7-19(16)30/h1-4,7-8,10-11,18,20,32H,5-6H2,(H,28,33)/t18-,20-/m1/s1. The van der Waals surface area contributed by atoms with Gasteiger partial charge in [0.25, 0.3) is 0 Å². The lowest BCUT2D eigenvalue weighted by Crippen LogP contribution is -2.28. The molecular weight excluding hydrogens is 425 g/mol. The molecule has 0 saturated heterocycles. The second-order valence-electron chi connectivity index (χ2n) is 8.02. The summed E-state index contributed by atoms with van der Waals surface area (Å²) in [6, 6.07) is 11.0. The summed E-state index contributed by atoms with van der Waals surface area (Å²) >= 11 is 0. The van der Waals surface area contributed by atoms with Crippen LogP contribution in [0.2, 0.25) is 0 Å². The van der Waals surface area contributed by atoms with Crippen molar-refractivity contribution in [2.24, 2.45) is 0 Å². The molecule has 1 aliphatic carbocycles. The third-order valence-corrected chi connectivity index (χ3v) is 6.13. The maximum absolute atomic E-state index is 14.1. The van der Waals surface area contributed by atoms with E-state index in [1.807, 2.05) is 0 Å². The number of rotatable bonds is 2. The summed E-state index contributed by atoms with van der Waals surface area (Å²) in [4.78, 5) is 29.1. The quantitative estimate of drug-likeness (QED) is 0.434. The molecule has 6 rings (SSSR count). The Morgan fingerprint density at radius 3 is 2.88 bits per heavy atom. The first kappa shape index (κ1) is 19.3. The zero-order valence-electron chi connectivity index (χ0n) is 17.1. The van der Waals surface area contributed by atoms with Gasteiger partial charge < -0.3 is 10.1 Å².